The number of hydrogen-bond acceptors (Lipinski definition) is 4. The topological polar surface area (TPSA) is 37.4 Å². The van der Waals surface area contributed by atoms with Crippen molar-refractivity contribution in [3.8, 4) is 5.75 Å². The molecule has 0 saturated carbocycles. The summed E-state index contributed by atoms with van der Waals surface area (Å²) in [4.78, 5) is 7.47. The molecule has 0 radical (unpaired) electrons. The van der Waals surface area contributed by atoms with E-state index in [-0.39, 0.29) is 6.61 Å². The van der Waals surface area contributed by atoms with E-state index in [1.54, 1.807) is 0 Å². The first-order chi connectivity index (χ1) is 19.5. The van der Waals surface area contributed by atoms with Crippen LogP contribution in [0.4, 0.5) is 4.39 Å². The lowest BCUT2D eigenvalue weighted by Gasteiger charge is -2.31. The highest BCUT2D eigenvalue weighted by molar-refractivity contribution is 5.87. The van der Waals surface area contributed by atoms with Crippen molar-refractivity contribution < 1.29 is 9.13 Å². The Balaban J connectivity index is 1.56. The third-order valence-corrected chi connectivity index (χ3v) is 7.82. The second-order valence-corrected chi connectivity index (χ2v) is 10.8. The molecule has 0 atom stereocenters. The van der Waals surface area contributed by atoms with Gasteiger partial charge in [0.05, 0.1) is 11.4 Å². The zero-order valence-corrected chi connectivity index (χ0v) is 23.9. The monoisotopic (exact) mass is 537 g/mol. The number of rotatable bonds is 9. The largest absolute Gasteiger partial charge is 0.488 e. The number of piperidine rings is 1. The van der Waals surface area contributed by atoms with Crippen molar-refractivity contribution >= 4 is 22.2 Å². The van der Waals surface area contributed by atoms with Gasteiger partial charge in [-0.05, 0) is 80.6 Å². The van der Waals surface area contributed by atoms with Gasteiger partial charge in [-0.3, -0.25) is 0 Å². The molecule has 1 aromatic heterocycles. The predicted octanol–water partition coefficient (Wildman–Crippen LogP) is 8.44. The average molecular weight is 538 g/mol. The minimum Gasteiger partial charge on any atom is -0.488 e. The number of nitrogens with one attached hydrogen (secondary N) is 1. The smallest absolute Gasteiger partial charge is 0.147 e. The van der Waals surface area contributed by atoms with Gasteiger partial charge in [-0.2, -0.15) is 0 Å². The fourth-order valence-corrected chi connectivity index (χ4v) is 5.28. The number of pyridine rings is 1. The van der Waals surface area contributed by atoms with Crippen LogP contribution in [-0.4, -0.2) is 35.2 Å². The van der Waals surface area contributed by atoms with Gasteiger partial charge in [-0.15, -0.1) is 0 Å². The molecule has 0 bridgehead atoms. The van der Waals surface area contributed by atoms with E-state index in [1.807, 2.05) is 24.3 Å². The third-order valence-electron chi connectivity index (χ3n) is 7.82. The molecule has 2 aliphatic rings. The molecule has 0 unspecified atom stereocenters. The number of alkyl halides is 1. The van der Waals surface area contributed by atoms with E-state index in [2.05, 4.69) is 91.8 Å². The first kappa shape index (κ1) is 27.9. The first-order valence-electron chi connectivity index (χ1n) is 14.6. The number of nitrogens with zero attached hydrogens (tertiary/aromatic N) is 2. The molecule has 1 fully saturated rings. The molecular formula is C35H40FN3O. The maximum atomic E-state index is 15.4. The number of ether oxygens (including phenoxy) is 1. The van der Waals surface area contributed by atoms with Crippen LogP contribution in [0.5, 0.6) is 5.75 Å². The van der Waals surface area contributed by atoms with Crippen molar-refractivity contribution in [3.05, 3.63) is 108 Å². The van der Waals surface area contributed by atoms with Crippen LogP contribution in [0.3, 0.4) is 0 Å². The van der Waals surface area contributed by atoms with E-state index in [4.69, 9.17) is 9.72 Å². The number of allylic oxidation sites excluding steroid dienone is 5. The fraction of sp³-hybridized carbons (Fsp3) is 0.343. The fourth-order valence-electron chi connectivity index (χ4n) is 5.28. The van der Waals surface area contributed by atoms with Crippen molar-refractivity contribution in [1.29, 1.82) is 0 Å². The van der Waals surface area contributed by atoms with Gasteiger partial charge in [0.2, 0.25) is 0 Å². The van der Waals surface area contributed by atoms with Gasteiger partial charge in [0.1, 0.15) is 23.5 Å². The van der Waals surface area contributed by atoms with Crippen LogP contribution in [0.25, 0.3) is 22.2 Å². The lowest BCUT2D eigenvalue weighted by molar-refractivity contribution is 0.0545. The Morgan fingerprint density at radius 2 is 1.82 bits per heavy atom. The summed E-state index contributed by atoms with van der Waals surface area (Å²) >= 11 is 0. The Labute approximate surface area is 238 Å². The van der Waals surface area contributed by atoms with Crippen molar-refractivity contribution in [2.24, 2.45) is 0 Å². The van der Waals surface area contributed by atoms with Crippen LogP contribution in [0, 0.1) is 0 Å². The molecule has 3 heterocycles. The number of fused-ring (bicyclic) bond motifs is 1. The predicted molar refractivity (Wildman–Crippen MR) is 164 cm³/mol. The molecule has 1 saturated heterocycles. The molecule has 40 heavy (non-hydrogen) atoms. The number of para-hydroxylation sites is 1. The van der Waals surface area contributed by atoms with E-state index in [0.29, 0.717) is 31.7 Å². The van der Waals surface area contributed by atoms with E-state index in [9.17, 15) is 0 Å². The second-order valence-electron chi connectivity index (χ2n) is 10.8. The minimum atomic E-state index is -1.31. The van der Waals surface area contributed by atoms with Crippen LogP contribution in [0.1, 0.15) is 64.1 Å². The normalized spacial score (nSPS) is 18.6. The Kier molecular flexibility index (Phi) is 8.81. The third kappa shape index (κ3) is 6.20. The first-order valence-corrected chi connectivity index (χ1v) is 14.6. The summed E-state index contributed by atoms with van der Waals surface area (Å²) in [6, 6.07) is 20.6. The minimum absolute atomic E-state index is 0.0420. The number of hydrogen-bond donors (Lipinski definition) is 1. The zero-order valence-electron chi connectivity index (χ0n) is 23.9. The standard InChI is InChI=1S/C35H40FN3O/c1-4-6-14-30-18-16-29(27-11-8-7-9-12-27)24-39(30)34(26(3)5-2)31-19-17-28-13-10-15-32(33(28)38-31)40-25-35(36)20-22-37-23-21-35/h7-19,24,37H,4-6,20-23,25H2,1-3H3. The molecule has 3 aromatic rings. The Morgan fingerprint density at radius 1 is 1.02 bits per heavy atom. The Morgan fingerprint density at radius 3 is 2.58 bits per heavy atom. The van der Waals surface area contributed by atoms with Gasteiger partial charge in [-0.25, -0.2) is 9.37 Å². The molecule has 5 rings (SSSR count). The van der Waals surface area contributed by atoms with Crippen LogP contribution in [0.15, 0.2) is 96.4 Å². The quantitative estimate of drug-likeness (QED) is 0.297. The summed E-state index contributed by atoms with van der Waals surface area (Å²) < 4.78 is 21.5. The molecule has 2 aromatic carbocycles. The van der Waals surface area contributed by atoms with Gasteiger partial charge in [0, 0.05) is 17.3 Å². The Hall–Kier alpha value is -3.70. The molecule has 0 spiro atoms. The van der Waals surface area contributed by atoms with Gasteiger partial charge >= 0.3 is 0 Å². The van der Waals surface area contributed by atoms with Crippen molar-refractivity contribution in [3.63, 3.8) is 0 Å². The van der Waals surface area contributed by atoms with Crippen molar-refractivity contribution in [2.45, 2.75) is 58.5 Å². The summed E-state index contributed by atoms with van der Waals surface area (Å²) in [5, 5.41) is 4.21. The van der Waals surface area contributed by atoms with Gasteiger partial charge in [-0.1, -0.05) is 81.0 Å². The summed E-state index contributed by atoms with van der Waals surface area (Å²) in [5.41, 5.74) is 6.10. The van der Waals surface area contributed by atoms with Gasteiger partial charge in [0.15, 0.2) is 0 Å². The van der Waals surface area contributed by atoms with Crippen LogP contribution in [0.2, 0.25) is 0 Å². The summed E-state index contributed by atoms with van der Waals surface area (Å²) in [5.74, 6) is 0.629. The Bertz CT molecular complexity index is 1450. The molecule has 5 heteroatoms. The van der Waals surface area contributed by atoms with Crippen LogP contribution >= 0.6 is 0 Å². The van der Waals surface area contributed by atoms with Crippen LogP contribution < -0.4 is 10.1 Å². The van der Waals surface area contributed by atoms with Crippen LogP contribution in [-0.2, 0) is 0 Å². The zero-order chi connectivity index (χ0) is 28.0. The van der Waals surface area contributed by atoms with Gasteiger partial charge in [0.25, 0.3) is 0 Å². The highest BCUT2D eigenvalue weighted by Crippen LogP contribution is 2.36. The summed E-state index contributed by atoms with van der Waals surface area (Å²) in [6.07, 6.45) is 12.8. The lowest BCUT2D eigenvalue weighted by atomic mass is 9.95. The van der Waals surface area contributed by atoms with Crippen molar-refractivity contribution in [2.75, 3.05) is 19.7 Å². The van der Waals surface area contributed by atoms with E-state index >= 15 is 4.39 Å². The number of unbranched alkanes of at least 4 members (excludes halogenated alkanes) is 1. The molecule has 208 valence electrons. The SMILES string of the molecule is CCCC=C1C=CC(c2ccccc2)=CN1C(=C(C)CC)c1ccc2cccc(OCC3(F)CCNCC3)c2n1. The summed E-state index contributed by atoms with van der Waals surface area (Å²) in [7, 11) is 0. The molecule has 4 nitrogen and oxygen atoms in total. The summed E-state index contributed by atoms with van der Waals surface area (Å²) in [6.45, 7) is 7.96. The molecular weight excluding hydrogens is 497 g/mol. The average Bonchev–Trinajstić information content (AvgIpc) is 3.00. The van der Waals surface area contributed by atoms with Crippen molar-refractivity contribution in [1.82, 2.24) is 15.2 Å². The van der Waals surface area contributed by atoms with Gasteiger partial charge < -0.3 is 15.0 Å². The van der Waals surface area contributed by atoms with E-state index < -0.39 is 5.67 Å². The second kappa shape index (κ2) is 12.6. The maximum absolute atomic E-state index is 15.4. The highest BCUT2D eigenvalue weighted by Gasteiger charge is 2.33. The number of benzene rings is 2. The van der Waals surface area contributed by atoms with E-state index in [1.165, 1.54) is 11.1 Å². The number of halogens is 1. The maximum Gasteiger partial charge on any atom is 0.147 e. The number of aromatic nitrogens is 1. The molecule has 0 aliphatic carbocycles. The van der Waals surface area contributed by atoms with E-state index in [0.717, 1.165) is 52.8 Å². The molecule has 1 N–H and O–H groups in total. The highest BCUT2D eigenvalue weighted by atomic mass is 19.1. The molecule has 0 amide bonds. The lowest BCUT2D eigenvalue weighted by Crippen LogP contribution is -2.42. The molecule has 2 aliphatic heterocycles.